The normalized spacial score (nSPS) is 12.5. The molecular weight excluding hydrogens is 202 g/mol. The number of thiol groups is 1. The molecule has 1 aromatic rings. The Morgan fingerprint density at radius 3 is 2.85 bits per heavy atom. The molecule has 0 bridgehead atoms. The average Bonchev–Trinajstić information content (AvgIpc) is 2.47. The molecule has 1 rings (SSSR count). The van der Waals surface area contributed by atoms with Crippen molar-refractivity contribution in [2.45, 2.75) is 25.6 Å². The summed E-state index contributed by atoms with van der Waals surface area (Å²) in [4.78, 5) is 11.2. The highest BCUT2D eigenvalue weighted by Crippen LogP contribution is 2.13. The SMILES string of the molecule is Cc1cscc1CNC(=O)C(C)S. The quantitative estimate of drug-likeness (QED) is 0.742. The van der Waals surface area contributed by atoms with Crippen LogP contribution in [-0.2, 0) is 11.3 Å². The number of carbonyl (C=O) groups is 1. The van der Waals surface area contributed by atoms with Crippen LogP contribution >= 0.6 is 24.0 Å². The van der Waals surface area contributed by atoms with Crippen molar-refractivity contribution >= 4 is 29.9 Å². The van der Waals surface area contributed by atoms with Crippen molar-refractivity contribution in [2.75, 3.05) is 0 Å². The van der Waals surface area contributed by atoms with Crippen LogP contribution in [0, 0.1) is 6.92 Å². The van der Waals surface area contributed by atoms with Gasteiger partial charge in [0.05, 0.1) is 5.25 Å². The van der Waals surface area contributed by atoms with Crippen molar-refractivity contribution in [1.29, 1.82) is 0 Å². The van der Waals surface area contributed by atoms with E-state index in [0.717, 1.165) is 0 Å². The third-order valence-corrected chi connectivity index (χ3v) is 2.94. The topological polar surface area (TPSA) is 29.1 Å². The predicted molar refractivity (Wildman–Crippen MR) is 59.4 cm³/mol. The molecule has 0 saturated carbocycles. The third kappa shape index (κ3) is 3.04. The lowest BCUT2D eigenvalue weighted by molar-refractivity contribution is -0.120. The third-order valence-electron chi connectivity index (χ3n) is 1.79. The Morgan fingerprint density at radius 2 is 2.38 bits per heavy atom. The second-order valence-corrected chi connectivity index (χ2v) is 4.49. The molecular formula is C9H13NOS2. The summed E-state index contributed by atoms with van der Waals surface area (Å²) in [6, 6.07) is 0. The lowest BCUT2D eigenvalue weighted by Crippen LogP contribution is -2.29. The first-order valence-corrected chi connectivity index (χ1v) is 5.54. The molecule has 0 saturated heterocycles. The fourth-order valence-corrected chi connectivity index (χ4v) is 1.85. The smallest absolute Gasteiger partial charge is 0.232 e. The first kappa shape index (κ1) is 10.6. The molecule has 1 heterocycles. The summed E-state index contributed by atoms with van der Waals surface area (Å²) in [6.45, 7) is 4.42. The molecule has 13 heavy (non-hydrogen) atoms. The Kier molecular flexibility index (Phi) is 3.81. The molecule has 1 atom stereocenters. The lowest BCUT2D eigenvalue weighted by atomic mass is 10.2. The van der Waals surface area contributed by atoms with E-state index in [4.69, 9.17) is 0 Å². The van der Waals surface area contributed by atoms with Crippen molar-refractivity contribution in [1.82, 2.24) is 5.32 Å². The Balaban J connectivity index is 2.44. The summed E-state index contributed by atoms with van der Waals surface area (Å²) in [5.41, 5.74) is 2.42. The lowest BCUT2D eigenvalue weighted by Gasteiger charge is -2.06. The van der Waals surface area contributed by atoms with Crippen LogP contribution in [-0.4, -0.2) is 11.2 Å². The summed E-state index contributed by atoms with van der Waals surface area (Å²) in [5.74, 6) is -0.0195. The van der Waals surface area contributed by atoms with Gasteiger partial charge in [-0.1, -0.05) is 0 Å². The van der Waals surface area contributed by atoms with E-state index >= 15 is 0 Å². The molecule has 0 radical (unpaired) electrons. The minimum Gasteiger partial charge on any atom is -0.351 e. The highest BCUT2D eigenvalue weighted by atomic mass is 32.1. The van der Waals surface area contributed by atoms with Gasteiger partial charge in [0.25, 0.3) is 0 Å². The van der Waals surface area contributed by atoms with Crippen molar-refractivity contribution < 1.29 is 4.79 Å². The van der Waals surface area contributed by atoms with E-state index in [0.29, 0.717) is 6.54 Å². The standard InChI is InChI=1S/C9H13NOS2/c1-6-4-13-5-8(6)3-10-9(11)7(2)12/h4-5,7,12H,3H2,1-2H3,(H,10,11). The van der Waals surface area contributed by atoms with Crippen LogP contribution in [0.25, 0.3) is 0 Å². The number of rotatable bonds is 3. The van der Waals surface area contributed by atoms with E-state index < -0.39 is 0 Å². The van der Waals surface area contributed by atoms with Crippen LogP contribution < -0.4 is 5.32 Å². The highest BCUT2D eigenvalue weighted by Gasteiger charge is 2.07. The summed E-state index contributed by atoms with van der Waals surface area (Å²) < 4.78 is 0. The Morgan fingerprint density at radius 1 is 1.69 bits per heavy atom. The van der Waals surface area contributed by atoms with E-state index in [9.17, 15) is 4.79 Å². The zero-order valence-corrected chi connectivity index (χ0v) is 9.41. The highest BCUT2D eigenvalue weighted by molar-refractivity contribution is 7.81. The fraction of sp³-hybridized carbons (Fsp3) is 0.444. The van der Waals surface area contributed by atoms with E-state index in [1.165, 1.54) is 11.1 Å². The second-order valence-electron chi connectivity index (χ2n) is 2.97. The fourth-order valence-electron chi connectivity index (χ4n) is 0.898. The maximum atomic E-state index is 11.2. The maximum absolute atomic E-state index is 11.2. The van der Waals surface area contributed by atoms with Crippen LogP contribution in [0.4, 0.5) is 0 Å². The van der Waals surface area contributed by atoms with Crippen LogP contribution in [0.3, 0.4) is 0 Å². The minimum absolute atomic E-state index is 0.0195. The molecule has 0 aliphatic rings. The van der Waals surface area contributed by atoms with Gasteiger partial charge in [0.2, 0.25) is 5.91 Å². The van der Waals surface area contributed by atoms with Crippen LogP contribution in [0.15, 0.2) is 10.8 Å². The molecule has 4 heteroatoms. The van der Waals surface area contributed by atoms with E-state index in [1.54, 1.807) is 18.3 Å². The predicted octanol–water partition coefficient (Wildman–Crippen LogP) is 1.99. The van der Waals surface area contributed by atoms with Gasteiger partial charge in [-0.2, -0.15) is 24.0 Å². The van der Waals surface area contributed by atoms with Crippen LogP contribution in [0.5, 0.6) is 0 Å². The van der Waals surface area contributed by atoms with Gasteiger partial charge in [-0.05, 0) is 35.7 Å². The molecule has 0 aromatic carbocycles. The van der Waals surface area contributed by atoms with Crippen molar-refractivity contribution in [3.8, 4) is 0 Å². The molecule has 1 N–H and O–H groups in total. The summed E-state index contributed by atoms with van der Waals surface area (Å²) >= 11 is 5.70. The molecule has 0 spiro atoms. The number of thiophene rings is 1. The molecule has 0 fully saturated rings. The van der Waals surface area contributed by atoms with Gasteiger partial charge in [0, 0.05) is 6.54 Å². The van der Waals surface area contributed by atoms with E-state index in [-0.39, 0.29) is 11.2 Å². The first-order chi connectivity index (χ1) is 6.11. The van der Waals surface area contributed by atoms with Gasteiger partial charge in [-0.15, -0.1) is 0 Å². The van der Waals surface area contributed by atoms with Crippen LogP contribution in [0.1, 0.15) is 18.1 Å². The van der Waals surface area contributed by atoms with Crippen molar-refractivity contribution in [2.24, 2.45) is 0 Å². The van der Waals surface area contributed by atoms with Gasteiger partial charge in [0.15, 0.2) is 0 Å². The first-order valence-electron chi connectivity index (χ1n) is 4.08. The monoisotopic (exact) mass is 215 g/mol. The van der Waals surface area contributed by atoms with Crippen molar-refractivity contribution in [3.63, 3.8) is 0 Å². The molecule has 1 aromatic heterocycles. The van der Waals surface area contributed by atoms with Gasteiger partial charge >= 0.3 is 0 Å². The molecule has 2 nitrogen and oxygen atoms in total. The number of aryl methyl sites for hydroxylation is 1. The number of hydrogen-bond donors (Lipinski definition) is 2. The largest absolute Gasteiger partial charge is 0.351 e. The molecule has 1 amide bonds. The van der Waals surface area contributed by atoms with Gasteiger partial charge in [-0.3, -0.25) is 4.79 Å². The number of nitrogens with one attached hydrogen (secondary N) is 1. The Hall–Kier alpha value is -0.480. The van der Waals surface area contributed by atoms with Gasteiger partial charge < -0.3 is 5.32 Å². The average molecular weight is 215 g/mol. The summed E-state index contributed by atoms with van der Waals surface area (Å²) in [7, 11) is 0. The van der Waals surface area contributed by atoms with Crippen molar-refractivity contribution in [3.05, 3.63) is 21.9 Å². The summed E-state index contributed by atoms with van der Waals surface area (Å²) in [6.07, 6.45) is 0. The summed E-state index contributed by atoms with van der Waals surface area (Å²) in [5, 5.41) is 6.71. The van der Waals surface area contributed by atoms with Crippen LogP contribution in [0.2, 0.25) is 0 Å². The van der Waals surface area contributed by atoms with Gasteiger partial charge in [-0.25, -0.2) is 0 Å². The van der Waals surface area contributed by atoms with E-state index in [1.807, 2.05) is 6.92 Å². The number of amides is 1. The number of carbonyl (C=O) groups excluding carboxylic acids is 1. The molecule has 72 valence electrons. The zero-order chi connectivity index (χ0) is 9.84. The molecule has 0 aliphatic carbocycles. The Bertz CT molecular complexity index is 294. The maximum Gasteiger partial charge on any atom is 0.232 e. The van der Waals surface area contributed by atoms with E-state index in [2.05, 4.69) is 28.7 Å². The minimum atomic E-state index is -0.237. The number of hydrogen-bond acceptors (Lipinski definition) is 3. The second kappa shape index (κ2) is 4.67. The van der Waals surface area contributed by atoms with Gasteiger partial charge in [0.1, 0.15) is 0 Å². The Labute approximate surface area is 87.8 Å². The zero-order valence-electron chi connectivity index (χ0n) is 7.70. The molecule has 0 aliphatic heterocycles. The molecule has 1 unspecified atom stereocenters.